The van der Waals surface area contributed by atoms with E-state index in [9.17, 15) is 0 Å². The highest BCUT2D eigenvalue weighted by molar-refractivity contribution is 9.10. The third-order valence-electron chi connectivity index (χ3n) is 1.68. The van der Waals surface area contributed by atoms with Crippen LogP contribution in [0.15, 0.2) is 16.9 Å². The Morgan fingerprint density at radius 1 is 1.62 bits per heavy atom. The zero-order valence-corrected chi connectivity index (χ0v) is 8.61. The Balaban J connectivity index is 2.19. The summed E-state index contributed by atoms with van der Waals surface area (Å²) in [5, 5.41) is 14.5. The van der Waals surface area contributed by atoms with E-state index in [2.05, 4.69) is 36.4 Å². The Hall–Kier alpha value is -1.17. The molecule has 0 amide bonds. The number of rotatable bonds is 2. The van der Waals surface area contributed by atoms with Crippen molar-refractivity contribution in [2.45, 2.75) is 13.5 Å². The van der Waals surface area contributed by atoms with Gasteiger partial charge in [-0.2, -0.15) is 20.5 Å². The Kier molecular flexibility index (Phi) is 2.13. The van der Waals surface area contributed by atoms with Crippen molar-refractivity contribution >= 4 is 15.9 Å². The van der Waals surface area contributed by atoms with E-state index in [-0.39, 0.29) is 0 Å². The molecular formula is C7H8BrN5. The van der Waals surface area contributed by atoms with Crippen LogP contribution in [0, 0.1) is 6.92 Å². The number of nitrogens with zero attached hydrogens (tertiary/aromatic N) is 4. The molecule has 0 saturated carbocycles. The summed E-state index contributed by atoms with van der Waals surface area (Å²) in [6.07, 6.45) is 3.61. The van der Waals surface area contributed by atoms with Gasteiger partial charge in [-0.15, -0.1) is 0 Å². The van der Waals surface area contributed by atoms with Crippen molar-refractivity contribution in [2.75, 3.05) is 0 Å². The van der Waals surface area contributed by atoms with Crippen molar-refractivity contribution in [1.82, 2.24) is 25.2 Å². The van der Waals surface area contributed by atoms with E-state index in [4.69, 9.17) is 0 Å². The molecule has 6 heteroatoms. The van der Waals surface area contributed by atoms with Crippen molar-refractivity contribution < 1.29 is 0 Å². The fourth-order valence-corrected chi connectivity index (χ4v) is 1.36. The number of aromatic nitrogens is 5. The van der Waals surface area contributed by atoms with Crippen LogP contribution < -0.4 is 0 Å². The maximum atomic E-state index is 4.27. The van der Waals surface area contributed by atoms with Crippen LogP contribution in [0.25, 0.3) is 0 Å². The second kappa shape index (κ2) is 3.29. The summed E-state index contributed by atoms with van der Waals surface area (Å²) in [5.74, 6) is 0. The minimum absolute atomic E-state index is 0.642. The van der Waals surface area contributed by atoms with Gasteiger partial charge >= 0.3 is 0 Å². The largest absolute Gasteiger partial charge is 0.265 e. The average Bonchev–Trinajstić information content (AvgIpc) is 2.64. The van der Waals surface area contributed by atoms with Gasteiger partial charge in [-0.1, -0.05) is 0 Å². The molecule has 0 saturated heterocycles. The normalized spacial score (nSPS) is 10.6. The smallest absolute Gasteiger partial charge is 0.104 e. The molecule has 2 rings (SSSR count). The Labute approximate surface area is 83.3 Å². The molecule has 0 atom stereocenters. The predicted molar refractivity (Wildman–Crippen MR) is 50.1 cm³/mol. The summed E-state index contributed by atoms with van der Waals surface area (Å²) < 4.78 is 2.83. The van der Waals surface area contributed by atoms with Crippen LogP contribution in [0.3, 0.4) is 0 Å². The summed E-state index contributed by atoms with van der Waals surface area (Å²) in [6, 6.07) is 0. The Morgan fingerprint density at radius 2 is 2.46 bits per heavy atom. The first-order chi connectivity index (χ1) is 6.25. The number of nitrogens with one attached hydrogen (secondary N) is 1. The first kappa shape index (κ1) is 8.43. The van der Waals surface area contributed by atoms with E-state index in [0.717, 1.165) is 15.9 Å². The van der Waals surface area contributed by atoms with Crippen LogP contribution in [0.1, 0.15) is 11.4 Å². The monoisotopic (exact) mass is 241 g/mol. The second-order valence-electron chi connectivity index (χ2n) is 2.72. The van der Waals surface area contributed by atoms with E-state index >= 15 is 0 Å². The summed E-state index contributed by atoms with van der Waals surface area (Å²) in [7, 11) is 0. The maximum absolute atomic E-state index is 4.27. The van der Waals surface area contributed by atoms with Crippen LogP contribution in [0.2, 0.25) is 0 Å². The SMILES string of the molecule is Cc1nn(Cc2cn[nH]n2)cc1Br. The van der Waals surface area contributed by atoms with E-state index in [1.54, 1.807) is 6.20 Å². The van der Waals surface area contributed by atoms with Crippen LogP contribution in [0.4, 0.5) is 0 Å². The van der Waals surface area contributed by atoms with Crippen LogP contribution in [0.5, 0.6) is 0 Å². The first-order valence-corrected chi connectivity index (χ1v) is 4.59. The molecule has 0 aliphatic heterocycles. The molecule has 0 bridgehead atoms. The lowest BCUT2D eigenvalue weighted by Gasteiger charge is -1.94. The lowest BCUT2D eigenvalue weighted by atomic mass is 10.5. The Bertz CT molecular complexity index is 371. The van der Waals surface area contributed by atoms with Gasteiger partial charge in [0.1, 0.15) is 5.69 Å². The van der Waals surface area contributed by atoms with Crippen molar-refractivity contribution in [2.24, 2.45) is 0 Å². The maximum Gasteiger partial charge on any atom is 0.104 e. The topological polar surface area (TPSA) is 59.4 Å². The van der Waals surface area contributed by atoms with Crippen molar-refractivity contribution in [3.63, 3.8) is 0 Å². The molecule has 68 valence electrons. The van der Waals surface area contributed by atoms with Gasteiger partial charge in [-0.3, -0.25) is 4.68 Å². The average molecular weight is 242 g/mol. The van der Waals surface area contributed by atoms with Gasteiger partial charge in [0.2, 0.25) is 0 Å². The first-order valence-electron chi connectivity index (χ1n) is 3.80. The molecule has 0 fully saturated rings. The number of hydrogen-bond acceptors (Lipinski definition) is 3. The molecule has 0 aromatic carbocycles. The fourth-order valence-electron chi connectivity index (χ4n) is 1.04. The highest BCUT2D eigenvalue weighted by Crippen LogP contribution is 2.13. The number of H-pyrrole nitrogens is 1. The van der Waals surface area contributed by atoms with Gasteiger partial charge in [-0.05, 0) is 22.9 Å². The molecule has 0 aliphatic rings. The molecule has 2 aromatic heterocycles. The molecule has 1 N–H and O–H groups in total. The fraction of sp³-hybridized carbons (Fsp3) is 0.286. The number of halogens is 1. The molecule has 2 aromatic rings. The summed E-state index contributed by atoms with van der Waals surface area (Å²) in [4.78, 5) is 0. The zero-order valence-electron chi connectivity index (χ0n) is 7.03. The summed E-state index contributed by atoms with van der Waals surface area (Å²) in [6.45, 7) is 2.59. The van der Waals surface area contributed by atoms with Gasteiger partial charge in [0, 0.05) is 6.20 Å². The van der Waals surface area contributed by atoms with E-state index < -0.39 is 0 Å². The minimum Gasteiger partial charge on any atom is -0.265 e. The highest BCUT2D eigenvalue weighted by atomic mass is 79.9. The van der Waals surface area contributed by atoms with Crippen LogP contribution >= 0.6 is 15.9 Å². The van der Waals surface area contributed by atoms with Crippen LogP contribution in [-0.2, 0) is 6.54 Å². The van der Waals surface area contributed by atoms with Gasteiger partial charge in [0.15, 0.2) is 0 Å². The lowest BCUT2D eigenvalue weighted by molar-refractivity contribution is 0.663. The summed E-state index contributed by atoms with van der Waals surface area (Å²) in [5.41, 5.74) is 1.85. The molecule has 13 heavy (non-hydrogen) atoms. The third-order valence-corrected chi connectivity index (χ3v) is 2.45. The number of aryl methyl sites for hydroxylation is 1. The summed E-state index contributed by atoms with van der Waals surface area (Å²) >= 11 is 3.39. The van der Waals surface area contributed by atoms with Gasteiger partial charge in [0.25, 0.3) is 0 Å². The Morgan fingerprint density at radius 3 is 3.00 bits per heavy atom. The van der Waals surface area contributed by atoms with Gasteiger partial charge in [-0.25, -0.2) is 0 Å². The standard InChI is InChI=1S/C7H8BrN5/c1-5-7(8)4-13(11-5)3-6-2-9-12-10-6/h2,4H,3H2,1H3,(H,9,10,12). The third kappa shape index (κ3) is 1.77. The molecular weight excluding hydrogens is 234 g/mol. The van der Waals surface area contributed by atoms with Gasteiger partial charge < -0.3 is 0 Å². The number of hydrogen-bond donors (Lipinski definition) is 1. The lowest BCUT2D eigenvalue weighted by Crippen LogP contribution is -2.00. The molecule has 0 unspecified atom stereocenters. The zero-order chi connectivity index (χ0) is 9.26. The van der Waals surface area contributed by atoms with E-state index in [0.29, 0.717) is 6.54 Å². The van der Waals surface area contributed by atoms with Crippen LogP contribution in [-0.4, -0.2) is 25.2 Å². The molecule has 0 aliphatic carbocycles. The van der Waals surface area contributed by atoms with Gasteiger partial charge in [0.05, 0.1) is 22.9 Å². The van der Waals surface area contributed by atoms with Crippen molar-refractivity contribution in [3.05, 3.63) is 28.3 Å². The molecule has 0 spiro atoms. The van der Waals surface area contributed by atoms with E-state index in [1.807, 2.05) is 17.8 Å². The minimum atomic E-state index is 0.642. The predicted octanol–water partition coefficient (Wildman–Crippen LogP) is 1.12. The van der Waals surface area contributed by atoms with E-state index in [1.165, 1.54) is 0 Å². The number of aromatic amines is 1. The quantitative estimate of drug-likeness (QED) is 0.858. The molecule has 5 nitrogen and oxygen atoms in total. The molecule has 0 radical (unpaired) electrons. The van der Waals surface area contributed by atoms with Crippen molar-refractivity contribution in [1.29, 1.82) is 0 Å². The van der Waals surface area contributed by atoms with Crippen molar-refractivity contribution in [3.8, 4) is 0 Å². The highest BCUT2D eigenvalue weighted by Gasteiger charge is 2.02. The second-order valence-corrected chi connectivity index (χ2v) is 3.58. The molecule has 2 heterocycles.